The van der Waals surface area contributed by atoms with Crippen molar-refractivity contribution in [3.05, 3.63) is 161 Å². The Morgan fingerprint density at radius 2 is 1.73 bits per heavy atom. The fraction of sp³-hybridized carbons (Fsp3) is 0.250. The summed E-state index contributed by atoms with van der Waals surface area (Å²) in [6, 6.07) is 16.0. The molecule has 2 aromatic carbocycles. The van der Waals surface area contributed by atoms with Gasteiger partial charge in [0, 0.05) is 7.97 Å². The molecule has 0 fully saturated rings. The molecule has 3 aliphatic carbocycles. The fourth-order valence-corrected chi connectivity index (χ4v) is 5.76. The minimum absolute atomic E-state index is 0. The molecule has 0 radical (unpaired) electrons. The summed E-state index contributed by atoms with van der Waals surface area (Å²) < 4.78 is 0. The molecule has 2 N–H and O–H groups in total. The van der Waals surface area contributed by atoms with Crippen molar-refractivity contribution in [1.29, 1.82) is 0 Å². The molecule has 6 rings (SSSR count). The van der Waals surface area contributed by atoms with Gasteiger partial charge in [0.2, 0.25) is 0 Å². The van der Waals surface area contributed by atoms with Crippen LogP contribution in [0.25, 0.3) is 6.08 Å². The first-order valence-electron chi connectivity index (χ1n) is 15.5. The van der Waals surface area contributed by atoms with Crippen LogP contribution in [0, 0.1) is 5.92 Å². The first kappa shape index (κ1) is 38.2. The molecule has 45 heavy (non-hydrogen) atoms. The predicted molar refractivity (Wildman–Crippen MR) is 212 cm³/mol. The van der Waals surface area contributed by atoms with Gasteiger partial charge in [-0.2, -0.15) is 0 Å². The van der Waals surface area contributed by atoms with E-state index in [0.717, 1.165) is 31.4 Å². The topological polar surface area (TPSA) is 41.5 Å². The highest BCUT2D eigenvalue weighted by Crippen LogP contribution is 2.49. The number of allylic oxidation sites excluding steroid dienone is 11. The van der Waals surface area contributed by atoms with Gasteiger partial charge in [0.1, 0.15) is 0 Å². The lowest BCUT2D eigenvalue weighted by atomic mass is 9.89. The molecular formula is C40H51INO2P. The Bertz CT molecular complexity index is 1480. The predicted octanol–water partition coefficient (Wildman–Crippen LogP) is 11.1. The van der Waals surface area contributed by atoms with Crippen molar-refractivity contribution in [3.8, 4) is 5.75 Å². The summed E-state index contributed by atoms with van der Waals surface area (Å²) in [5, 5.41) is 13.1. The number of fused-ring (bicyclic) bond motifs is 2. The second-order valence-electron chi connectivity index (χ2n) is 10.7. The van der Waals surface area contributed by atoms with Gasteiger partial charge in [-0.25, -0.2) is 5.26 Å². The summed E-state index contributed by atoms with van der Waals surface area (Å²) in [4.78, 5) is 3.98. The summed E-state index contributed by atoms with van der Waals surface area (Å²) >= 11 is 0. The molecule has 0 saturated heterocycles. The molecular weight excluding hydrogens is 684 g/mol. The van der Waals surface area contributed by atoms with Gasteiger partial charge < -0.3 is 10.2 Å². The Hall–Kier alpha value is -3.02. The second-order valence-corrected chi connectivity index (χ2v) is 11.4. The van der Waals surface area contributed by atoms with Crippen LogP contribution in [0.3, 0.4) is 0 Å². The third kappa shape index (κ3) is 10.8. The lowest BCUT2D eigenvalue weighted by Gasteiger charge is -2.27. The van der Waals surface area contributed by atoms with Crippen LogP contribution in [-0.2, 0) is 0 Å². The summed E-state index contributed by atoms with van der Waals surface area (Å²) in [5.74, 6) is 1.15. The fourth-order valence-electron chi connectivity index (χ4n) is 5.56. The third-order valence-corrected chi connectivity index (χ3v) is 8.15. The van der Waals surface area contributed by atoms with Crippen LogP contribution >= 0.6 is 33.2 Å². The Morgan fingerprint density at radius 3 is 2.33 bits per heavy atom. The van der Waals surface area contributed by atoms with Gasteiger partial charge in [0.15, 0.2) is 5.75 Å². The summed E-state index contributed by atoms with van der Waals surface area (Å²) in [5.41, 5.74) is 10.5. The van der Waals surface area contributed by atoms with Crippen LogP contribution < -0.4 is 15.5 Å². The van der Waals surface area contributed by atoms with Crippen LogP contribution in [-0.4, -0.2) is 11.8 Å². The van der Waals surface area contributed by atoms with E-state index in [0.29, 0.717) is 11.7 Å². The van der Waals surface area contributed by atoms with Crippen LogP contribution in [0.2, 0.25) is 0 Å². The number of halogens is 1. The van der Waals surface area contributed by atoms with Gasteiger partial charge in [-0.3, -0.25) is 0 Å². The zero-order valence-electron chi connectivity index (χ0n) is 27.0. The maximum atomic E-state index is 8.18. The Labute approximate surface area is 292 Å². The maximum Gasteiger partial charge on any atom is 0.165 e. The minimum atomic E-state index is 0. The summed E-state index contributed by atoms with van der Waals surface area (Å²) in [6.45, 7) is 18.9. The van der Waals surface area contributed by atoms with Crippen LogP contribution in [0.15, 0.2) is 150 Å². The molecule has 0 bridgehead atoms. The van der Waals surface area contributed by atoms with E-state index >= 15 is 0 Å². The zero-order valence-corrected chi connectivity index (χ0v) is 30.5. The van der Waals surface area contributed by atoms with E-state index in [4.69, 9.17) is 5.26 Å². The van der Waals surface area contributed by atoms with Gasteiger partial charge in [-0.15, -0.1) is 39.8 Å². The van der Waals surface area contributed by atoms with E-state index in [9.17, 15) is 0 Å². The zero-order chi connectivity index (χ0) is 31.9. The number of benzene rings is 2. The highest BCUT2D eigenvalue weighted by Gasteiger charge is 2.35. The van der Waals surface area contributed by atoms with Crippen molar-refractivity contribution in [2.45, 2.75) is 52.5 Å². The second kappa shape index (κ2) is 20.2. The van der Waals surface area contributed by atoms with Gasteiger partial charge in [-0.1, -0.05) is 124 Å². The van der Waals surface area contributed by atoms with Crippen molar-refractivity contribution in [2.75, 3.05) is 6.54 Å². The van der Waals surface area contributed by atoms with Crippen molar-refractivity contribution in [2.24, 2.45) is 5.92 Å². The van der Waals surface area contributed by atoms with E-state index in [1.807, 2.05) is 19.9 Å². The molecule has 0 aromatic heterocycles. The Morgan fingerprint density at radius 1 is 1.02 bits per heavy atom. The molecule has 3 nitrogen and oxygen atoms in total. The lowest BCUT2D eigenvalue weighted by Crippen LogP contribution is -2.29. The molecule has 3 unspecified atom stereocenters. The normalized spacial score (nSPS) is 19.0. The molecule has 5 heteroatoms. The highest BCUT2D eigenvalue weighted by atomic mass is 127. The molecule has 4 aliphatic rings. The van der Waals surface area contributed by atoms with Crippen LogP contribution in [0.1, 0.15) is 65.0 Å². The molecule has 0 spiro atoms. The number of nitrogens with one attached hydrogen (secondary N) is 1. The Kier molecular flexibility index (Phi) is 17.1. The average Bonchev–Trinajstić information content (AvgIpc) is 3.19. The maximum absolute atomic E-state index is 8.18. The number of hydrogen-bond donors (Lipinski definition) is 2. The van der Waals surface area contributed by atoms with Crippen LogP contribution in [0.4, 0.5) is 0 Å². The SMILES string of the molecule is C=C1C2=CCC=C(C)C=C2C2=C1C(c1ccc(P)cc1)NCC2.C=CCC1C=CC=CC1.C=Cc1ccc(OO)cc1.CC.I.[HH]. The first-order chi connectivity index (χ1) is 21.4. The standard InChI is InChI=1S/C21H22NP.C9H12.C8H8O2.C2H6.HI.H2/c1-13-4-3-5-17-14(2)20-18(19(17)12-13)10-11-22-21(20)15-6-8-16(23)9-7-15;1-2-6-9-7-4-3-5-8-9;1-2-7-3-5-8(10-9)6-4-7;1-2;;/h4-9,12,21-22H,2-3,10-11,23H2,1H3;2-5,7,9H,1,6,8H2;2-6,9H,1H2;1-2H3;2*1H. The van der Waals surface area contributed by atoms with Gasteiger partial charge >= 0.3 is 0 Å². The minimum Gasteiger partial charge on any atom is -0.340 e. The van der Waals surface area contributed by atoms with Crippen molar-refractivity contribution in [3.63, 3.8) is 0 Å². The molecule has 2 aromatic rings. The smallest absolute Gasteiger partial charge is 0.165 e. The lowest BCUT2D eigenvalue weighted by molar-refractivity contribution is -0.137. The van der Waals surface area contributed by atoms with Crippen molar-refractivity contribution < 1.29 is 11.6 Å². The Balaban J connectivity index is 0.000000385. The summed E-state index contributed by atoms with van der Waals surface area (Å²) in [7, 11) is 2.76. The highest BCUT2D eigenvalue weighted by molar-refractivity contribution is 14.0. The molecule has 0 amide bonds. The molecule has 3 atom stereocenters. The quantitative estimate of drug-likeness (QED) is 0.106. The van der Waals surface area contributed by atoms with E-state index < -0.39 is 0 Å². The van der Waals surface area contributed by atoms with Crippen LogP contribution in [0.5, 0.6) is 5.75 Å². The van der Waals surface area contributed by atoms with Crippen molar-refractivity contribution >= 4 is 44.6 Å². The van der Waals surface area contributed by atoms with Gasteiger partial charge in [-0.05, 0) is 95.0 Å². The monoisotopic (exact) mass is 735 g/mol. The molecule has 1 heterocycles. The third-order valence-electron chi connectivity index (χ3n) is 7.77. The van der Waals surface area contributed by atoms with E-state index in [2.05, 4.69) is 113 Å². The van der Waals surface area contributed by atoms with E-state index in [1.54, 1.807) is 30.3 Å². The number of rotatable bonds is 5. The molecule has 0 saturated carbocycles. The molecule has 240 valence electrons. The molecule has 1 aliphatic heterocycles. The van der Waals surface area contributed by atoms with Gasteiger partial charge in [0.25, 0.3) is 0 Å². The van der Waals surface area contributed by atoms with Crippen molar-refractivity contribution in [1.82, 2.24) is 5.32 Å². The summed E-state index contributed by atoms with van der Waals surface area (Å²) in [6.07, 6.45) is 23.7. The first-order valence-corrected chi connectivity index (χ1v) is 16.1. The van der Waals surface area contributed by atoms with E-state index in [1.165, 1.54) is 50.7 Å². The largest absolute Gasteiger partial charge is 0.340 e. The van der Waals surface area contributed by atoms with E-state index in [-0.39, 0.29) is 31.4 Å². The number of hydrogen-bond acceptors (Lipinski definition) is 3. The average molecular weight is 736 g/mol. The van der Waals surface area contributed by atoms with Gasteiger partial charge in [0.05, 0.1) is 6.04 Å².